The Morgan fingerprint density at radius 2 is 1.60 bits per heavy atom. The maximum Gasteiger partial charge on any atom is 0.265 e. The van der Waals surface area contributed by atoms with Gasteiger partial charge in [0.1, 0.15) is 0 Å². The molecule has 0 spiro atoms. The SMILES string of the molecule is CC.COC(=N)C(Cl)(Cl)Cl. The molecular weight excluding hydrogens is 196 g/mol. The van der Waals surface area contributed by atoms with Gasteiger partial charge in [-0.2, -0.15) is 0 Å². The van der Waals surface area contributed by atoms with Gasteiger partial charge in [0.2, 0.25) is 5.90 Å². The Balaban J connectivity index is 0. The van der Waals surface area contributed by atoms with Crippen LogP contribution in [0.2, 0.25) is 0 Å². The number of hydrogen-bond acceptors (Lipinski definition) is 2. The van der Waals surface area contributed by atoms with Crippen LogP contribution in [0.25, 0.3) is 0 Å². The van der Waals surface area contributed by atoms with Crippen LogP contribution in [0, 0.1) is 5.41 Å². The Labute approximate surface area is 75.9 Å². The van der Waals surface area contributed by atoms with E-state index < -0.39 is 3.79 Å². The predicted molar refractivity (Wildman–Crippen MR) is 46.4 cm³/mol. The first kappa shape index (κ1) is 13.0. The zero-order valence-corrected chi connectivity index (χ0v) is 8.31. The molecule has 0 aliphatic rings. The van der Waals surface area contributed by atoms with Crippen molar-refractivity contribution < 1.29 is 4.74 Å². The fourth-order valence-electron chi connectivity index (χ4n) is 0.116. The fraction of sp³-hybridized carbons (Fsp3) is 0.800. The van der Waals surface area contributed by atoms with Crippen LogP contribution in [-0.2, 0) is 4.74 Å². The first-order chi connectivity index (χ1) is 4.48. The zero-order chi connectivity index (χ0) is 8.78. The summed E-state index contributed by atoms with van der Waals surface area (Å²) in [5.41, 5.74) is 0. The van der Waals surface area contributed by atoms with Crippen LogP contribution >= 0.6 is 34.8 Å². The minimum absolute atomic E-state index is 0.373. The third kappa shape index (κ3) is 6.46. The molecule has 0 unspecified atom stereocenters. The van der Waals surface area contributed by atoms with E-state index in [4.69, 9.17) is 40.2 Å². The number of ether oxygens (including phenoxy) is 1. The lowest BCUT2D eigenvalue weighted by molar-refractivity contribution is 0.391. The molecule has 1 N–H and O–H groups in total. The Hall–Kier alpha value is 0.340. The highest BCUT2D eigenvalue weighted by Crippen LogP contribution is 2.26. The van der Waals surface area contributed by atoms with Crippen LogP contribution < -0.4 is 0 Å². The predicted octanol–water partition coefficient (Wildman–Crippen LogP) is 3.01. The van der Waals surface area contributed by atoms with Gasteiger partial charge in [-0.25, -0.2) is 0 Å². The van der Waals surface area contributed by atoms with Gasteiger partial charge in [0.05, 0.1) is 7.11 Å². The van der Waals surface area contributed by atoms with Gasteiger partial charge in [0.25, 0.3) is 3.79 Å². The van der Waals surface area contributed by atoms with Crippen molar-refractivity contribution >= 4 is 40.7 Å². The maximum atomic E-state index is 6.77. The number of halogens is 3. The number of hydrogen-bond donors (Lipinski definition) is 1. The van der Waals surface area contributed by atoms with E-state index in [1.54, 1.807) is 0 Å². The van der Waals surface area contributed by atoms with E-state index in [1.165, 1.54) is 7.11 Å². The van der Waals surface area contributed by atoms with E-state index in [1.807, 2.05) is 13.8 Å². The van der Waals surface area contributed by atoms with Crippen LogP contribution in [0.1, 0.15) is 13.8 Å². The standard InChI is InChI=1S/C3H4Cl3NO.C2H6/c1-8-2(7)3(4,5)6;1-2/h7H,1H3;1-2H3. The Morgan fingerprint density at radius 1 is 1.30 bits per heavy atom. The molecule has 62 valence electrons. The molecule has 0 amide bonds. The molecule has 0 aromatic carbocycles. The van der Waals surface area contributed by atoms with Crippen molar-refractivity contribution in [2.75, 3.05) is 7.11 Å². The molecule has 0 aliphatic heterocycles. The summed E-state index contributed by atoms with van der Waals surface area (Å²) in [7, 11) is 1.27. The molecule has 0 saturated heterocycles. The van der Waals surface area contributed by atoms with E-state index in [-0.39, 0.29) is 5.90 Å². The zero-order valence-electron chi connectivity index (χ0n) is 6.04. The average Bonchev–Trinajstić information content (AvgIpc) is 1.89. The first-order valence-electron chi connectivity index (χ1n) is 2.68. The Kier molecular flexibility index (Phi) is 7.88. The number of alkyl halides is 3. The molecule has 5 heteroatoms. The van der Waals surface area contributed by atoms with Crippen molar-refractivity contribution in [3.05, 3.63) is 0 Å². The van der Waals surface area contributed by atoms with Gasteiger partial charge in [0.15, 0.2) is 0 Å². The highest BCUT2D eigenvalue weighted by molar-refractivity contribution is 6.75. The van der Waals surface area contributed by atoms with Gasteiger partial charge in [-0.05, 0) is 0 Å². The number of methoxy groups -OCH3 is 1. The lowest BCUT2D eigenvalue weighted by atomic mass is 10.8. The average molecular weight is 206 g/mol. The van der Waals surface area contributed by atoms with E-state index in [9.17, 15) is 0 Å². The van der Waals surface area contributed by atoms with Gasteiger partial charge in [-0.1, -0.05) is 48.7 Å². The maximum absolute atomic E-state index is 6.77. The summed E-state index contributed by atoms with van der Waals surface area (Å²) in [6.45, 7) is 4.00. The molecule has 10 heavy (non-hydrogen) atoms. The number of nitrogens with one attached hydrogen (secondary N) is 1. The molecule has 0 aromatic rings. The fourth-order valence-corrected chi connectivity index (χ4v) is 0.347. The quantitative estimate of drug-likeness (QED) is 0.369. The third-order valence-corrected chi connectivity index (χ3v) is 0.977. The minimum atomic E-state index is -1.71. The van der Waals surface area contributed by atoms with E-state index >= 15 is 0 Å². The second-order valence-corrected chi connectivity index (χ2v) is 3.31. The van der Waals surface area contributed by atoms with Crippen LogP contribution in [0.3, 0.4) is 0 Å². The van der Waals surface area contributed by atoms with Crippen molar-refractivity contribution in [3.63, 3.8) is 0 Å². The lowest BCUT2D eigenvalue weighted by Crippen LogP contribution is -2.18. The molecule has 0 rings (SSSR count). The number of rotatable bonds is 0. The molecular formula is C5H10Cl3NO. The highest BCUT2D eigenvalue weighted by Gasteiger charge is 2.27. The summed E-state index contributed by atoms with van der Waals surface area (Å²) in [4.78, 5) is 0. The van der Waals surface area contributed by atoms with Gasteiger partial charge >= 0.3 is 0 Å². The molecule has 0 heterocycles. The van der Waals surface area contributed by atoms with Gasteiger partial charge in [0, 0.05) is 0 Å². The monoisotopic (exact) mass is 205 g/mol. The smallest absolute Gasteiger partial charge is 0.265 e. The van der Waals surface area contributed by atoms with Crippen LogP contribution in [0.5, 0.6) is 0 Å². The molecule has 0 atom stereocenters. The molecule has 0 aromatic heterocycles. The Morgan fingerprint density at radius 3 is 1.60 bits per heavy atom. The van der Waals surface area contributed by atoms with Crippen molar-refractivity contribution in [1.29, 1.82) is 5.41 Å². The van der Waals surface area contributed by atoms with Gasteiger partial charge < -0.3 is 4.74 Å². The van der Waals surface area contributed by atoms with Crippen molar-refractivity contribution in [2.24, 2.45) is 0 Å². The normalized spacial score (nSPS) is 9.40. The Bertz CT molecular complexity index is 99.6. The third-order valence-electron chi connectivity index (χ3n) is 0.462. The summed E-state index contributed by atoms with van der Waals surface area (Å²) in [6, 6.07) is 0. The molecule has 0 fully saturated rings. The molecule has 0 bridgehead atoms. The largest absolute Gasteiger partial charge is 0.481 e. The molecule has 0 saturated carbocycles. The van der Waals surface area contributed by atoms with E-state index in [2.05, 4.69) is 4.74 Å². The molecule has 0 radical (unpaired) electrons. The second kappa shape index (κ2) is 6.08. The van der Waals surface area contributed by atoms with Gasteiger partial charge in [-0.3, -0.25) is 5.41 Å². The summed E-state index contributed by atoms with van der Waals surface area (Å²) < 4.78 is 2.59. The van der Waals surface area contributed by atoms with Crippen molar-refractivity contribution in [3.8, 4) is 0 Å². The minimum Gasteiger partial charge on any atom is -0.481 e. The van der Waals surface area contributed by atoms with Crippen LogP contribution in [0.4, 0.5) is 0 Å². The lowest BCUT2D eigenvalue weighted by Gasteiger charge is -2.08. The van der Waals surface area contributed by atoms with Crippen LogP contribution in [-0.4, -0.2) is 16.8 Å². The van der Waals surface area contributed by atoms with E-state index in [0.29, 0.717) is 0 Å². The molecule has 2 nitrogen and oxygen atoms in total. The topological polar surface area (TPSA) is 33.1 Å². The summed E-state index contributed by atoms with van der Waals surface area (Å²) in [6.07, 6.45) is 0. The molecule has 0 aliphatic carbocycles. The summed E-state index contributed by atoms with van der Waals surface area (Å²) >= 11 is 15.5. The van der Waals surface area contributed by atoms with Crippen molar-refractivity contribution in [1.82, 2.24) is 0 Å². The first-order valence-corrected chi connectivity index (χ1v) is 3.81. The van der Waals surface area contributed by atoms with Crippen molar-refractivity contribution in [2.45, 2.75) is 17.6 Å². The highest BCUT2D eigenvalue weighted by atomic mass is 35.6. The second-order valence-electron chi connectivity index (χ2n) is 1.03. The van der Waals surface area contributed by atoms with E-state index in [0.717, 1.165) is 0 Å². The van der Waals surface area contributed by atoms with Gasteiger partial charge in [-0.15, -0.1) is 0 Å². The summed E-state index contributed by atoms with van der Waals surface area (Å²) in [5, 5.41) is 6.77. The summed E-state index contributed by atoms with van der Waals surface area (Å²) in [5.74, 6) is -0.373. The van der Waals surface area contributed by atoms with Crippen LogP contribution in [0.15, 0.2) is 0 Å².